The number of para-hydroxylation sites is 1. The lowest BCUT2D eigenvalue weighted by molar-refractivity contribution is -0.149. The van der Waals surface area contributed by atoms with Crippen LogP contribution in [0.3, 0.4) is 0 Å². The van der Waals surface area contributed by atoms with Gasteiger partial charge >= 0.3 is 11.9 Å². The Kier molecular flexibility index (Phi) is 6.46. The summed E-state index contributed by atoms with van der Waals surface area (Å²) < 4.78 is 10.1. The summed E-state index contributed by atoms with van der Waals surface area (Å²) in [7, 11) is 1.37. The highest BCUT2D eigenvalue weighted by Crippen LogP contribution is 2.24. The number of aromatic nitrogens is 1. The Balaban J connectivity index is 1.66. The third kappa shape index (κ3) is 4.39. The summed E-state index contributed by atoms with van der Waals surface area (Å²) in [5.74, 6) is -1.21. The molecule has 3 rings (SSSR count). The number of hydrogen-bond acceptors (Lipinski definition) is 6. The van der Waals surface area contributed by atoms with Crippen molar-refractivity contribution >= 4 is 28.7 Å². The molecule has 0 bridgehead atoms. The average Bonchev–Trinajstić information content (AvgIpc) is 2.76. The second-order valence-electron chi connectivity index (χ2n) is 7.18. The molecule has 0 atom stereocenters. The molecule has 1 amide bonds. The first-order valence-electron chi connectivity index (χ1n) is 9.87. The molecule has 0 unspecified atom stereocenters. The van der Waals surface area contributed by atoms with Gasteiger partial charge in [0.1, 0.15) is 0 Å². The summed E-state index contributed by atoms with van der Waals surface area (Å²) >= 11 is 0. The van der Waals surface area contributed by atoms with Crippen LogP contribution in [0, 0.1) is 12.8 Å². The number of methoxy groups -OCH3 is 1. The summed E-state index contributed by atoms with van der Waals surface area (Å²) in [6.45, 7) is 4.39. The SMILES string of the molecule is CCc1nc2ccccc2c(C)c1C(=O)OCC(=O)N1CCC(C(=O)OC)CC1. The molecule has 154 valence electrons. The number of amides is 1. The lowest BCUT2D eigenvalue weighted by Crippen LogP contribution is -2.42. The van der Waals surface area contributed by atoms with Gasteiger partial charge in [-0.2, -0.15) is 0 Å². The van der Waals surface area contributed by atoms with E-state index in [-0.39, 0.29) is 24.4 Å². The van der Waals surface area contributed by atoms with E-state index in [1.807, 2.05) is 38.1 Å². The Labute approximate surface area is 170 Å². The Morgan fingerprint density at radius 1 is 1.17 bits per heavy atom. The zero-order valence-corrected chi connectivity index (χ0v) is 17.1. The fourth-order valence-corrected chi connectivity index (χ4v) is 3.79. The number of nitrogens with zero attached hydrogens (tertiary/aromatic N) is 2. The Morgan fingerprint density at radius 2 is 1.86 bits per heavy atom. The van der Waals surface area contributed by atoms with Gasteiger partial charge in [-0.25, -0.2) is 4.79 Å². The van der Waals surface area contributed by atoms with Gasteiger partial charge in [0.25, 0.3) is 5.91 Å². The van der Waals surface area contributed by atoms with Crippen LogP contribution in [0.1, 0.15) is 41.4 Å². The van der Waals surface area contributed by atoms with Gasteiger partial charge in [0, 0.05) is 18.5 Å². The number of pyridine rings is 1. The van der Waals surface area contributed by atoms with Crippen LogP contribution in [-0.4, -0.2) is 54.5 Å². The minimum atomic E-state index is -0.532. The lowest BCUT2D eigenvalue weighted by atomic mass is 9.97. The molecule has 29 heavy (non-hydrogen) atoms. The molecule has 1 aliphatic rings. The van der Waals surface area contributed by atoms with Crippen molar-refractivity contribution in [2.75, 3.05) is 26.8 Å². The van der Waals surface area contributed by atoms with E-state index in [0.29, 0.717) is 43.6 Å². The number of hydrogen-bond donors (Lipinski definition) is 0. The van der Waals surface area contributed by atoms with E-state index in [1.54, 1.807) is 4.90 Å². The van der Waals surface area contributed by atoms with Crippen molar-refractivity contribution < 1.29 is 23.9 Å². The molecule has 7 heteroatoms. The van der Waals surface area contributed by atoms with E-state index in [1.165, 1.54) is 7.11 Å². The number of carbonyl (C=O) groups excluding carboxylic acids is 3. The van der Waals surface area contributed by atoms with Crippen LogP contribution in [-0.2, 0) is 25.5 Å². The van der Waals surface area contributed by atoms with Crippen molar-refractivity contribution in [1.29, 1.82) is 0 Å². The number of rotatable bonds is 5. The molecule has 7 nitrogen and oxygen atoms in total. The largest absolute Gasteiger partial charge is 0.469 e. The highest BCUT2D eigenvalue weighted by molar-refractivity contribution is 5.99. The summed E-state index contributed by atoms with van der Waals surface area (Å²) in [5, 5.41) is 0.896. The number of likely N-dealkylation sites (tertiary alicyclic amines) is 1. The van der Waals surface area contributed by atoms with Crippen molar-refractivity contribution in [3.05, 3.63) is 41.1 Å². The predicted octanol–water partition coefficient (Wildman–Crippen LogP) is 2.67. The summed E-state index contributed by atoms with van der Waals surface area (Å²) in [5.41, 5.74) is 2.74. The maximum Gasteiger partial charge on any atom is 0.340 e. The van der Waals surface area contributed by atoms with Crippen molar-refractivity contribution in [2.24, 2.45) is 5.92 Å². The molecule has 1 aromatic heterocycles. The minimum absolute atomic E-state index is 0.176. The first kappa shape index (κ1) is 20.8. The molecule has 1 aromatic carbocycles. The van der Waals surface area contributed by atoms with Gasteiger partial charge in [0.2, 0.25) is 0 Å². The molecule has 1 aliphatic heterocycles. The molecule has 1 fully saturated rings. The number of esters is 2. The molecule has 0 radical (unpaired) electrons. The molecule has 2 heterocycles. The fraction of sp³-hybridized carbons (Fsp3) is 0.455. The zero-order chi connectivity index (χ0) is 21.0. The highest BCUT2D eigenvalue weighted by Gasteiger charge is 2.28. The predicted molar refractivity (Wildman–Crippen MR) is 107 cm³/mol. The first-order chi connectivity index (χ1) is 14.0. The monoisotopic (exact) mass is 398 g/mol. The molecular formula is C22H26N2O5. The van der Waals surface area contributed by atoms with Crippen molar-refractivity contribution in [3.8, 4) is 0 Å². The maximum absolute atomic E-state index is 12.8. The summed E-state index contributed by atoms with van der Waals surface area (Å²) in [4.78, 5) is 43.0. The highest BCUT2D eigenvalue weighted by atomic mass is 16.5. The van der Waals surface area contributed by atoms with E-state index in [0.717, 1.165) is 16.5 Å². The van der Waals surface area contributed by atoms with Gasteiger partial charge in [-0.05, 0) is 37.8 Å². The normalized spacial score (nSPS) is 14.7. The lowest BCUT2D eigenvalue weighted by Gasteiger charge is -2.30. The van der Waals surface area contributed by atoms with Crippen LogP contribution in [0.2, 0.25) is 0 Å². The molecule has 0 spiro atoms. The van der Waals surface area contributed by atoms with Crippen molar-refractivity contribution in [2.45, 2.75) is 33.1 Å². The zero-order valence-electron chi connectivity index (χ0n) is 17.1. The van der Waals surface area contributed by atoms with Crippen molar-refractivity contribution in [1.82, 2.24) is 9.88 Å². The third-order valence-corrected chi connectivity index (χ3v) is 5.47. The third-order valence-electron chi connectivity index (χ3n) is 5.47. The number of carbonyl (C=O) groups is 3. The van der Waals surface area contributed by atoms with Gasteiger partial charge in [-0.1, -0.05) is 25.1 Å². The molecule has 0 saturated carbocycles. The molecule has 2 aromatic rings. The maximum atomic E-state index is 12.8. The van der Waals surface area contributed by atoms with Gasteiger partial charge in [-0.3, -0.25) is 14.6 Å². The Hall–Kier alpha value is -2.96. The van der Waals surface area contributed by atoms with E-state index in [9.17, 15) is 14.4 Å². The first-order valence-corrected chi connectivity index (χ1v) is 9.87. The van der Waals surface area contributed by atoms with Crippen LogP contribution in [0.15, 0.2) is 24.3 Å². The van der Waals surface area contributed by atoms with E-state index < -0.39 is 5.97 Å². The fourth-order valence-electron chi connectivity index (χ4n) is 3.79. The molecule has 0 aliphatic carbocycles. The van der Waals surface area contributed by atoms with E-state index >= 15 is 0 Å². The van der Waals surface area contributed by atoms with Gasteiger partial charge < -0.3 is 14.4 Å². The average molecular weight is 398 g/mol. The Bertz CT molecular complexity index is 932. The second kappa shape index (κ2) is 9.03. The number of aryl methyl sites for hydroxylation is 2. The number of fused-ring (bicyclic) bond motifs is 1. The quantitative estimate of drug-likeness (QED) is 0.720. The standard InChI is InChI=1S/C22H26N2O5/c1-4-17-20(14(2)16-7-5-6-8-18(16)23-17)22(27)29-13-19(25)24-11-9-15(10-12-24)21(26)28-3/h5-8,15H,4,9-13H2,1-3H3. The van der Waals surface area contributed by atoms with Gasteiger partial charge in [0.15, 0.2) is 6.61 Å². The molecule has 0 N–H and O–H groups in total. The number of ether oxygens (including phenoxy) is 2. The smallest absolute Gasteiger partial charge is 0.340 e. The van der Waals surface area contributed by atoms with Gasteiger partial charge in [-0.15, -0.1) is 0 Å². The van der Waals surface area contributed by atoms with Crippen LogP contribution in [0.5, 0.6) is 0 Å². The summed E-state index contributed by atoms with van der Waals surface area (Å²) in [6.07, 6.45) is 1.70. The number of piperidine rings is 1. The van der Waals surface area contributed by atoms with E-state index in [4.69, 9.17) is 9.47 Å². The van der Waals surface area contributed by atoms with Crippen molar-refractivity contribution in [3.63, 3.8) is 0 Å². The van der Waals surface area contributed by atoms with Crippen LogP contribution >= 0.6 is 0 Å². The minimum Gasteiger partial charge on any atom is -0.469 e. The molecular weight excluding hydrogens is 372 g/mol. The summed E-state index contributed by atoms with van der Waals surface area (Å²) in [6, 6.07) is 7.65. The van der Waals surface area contributed by atoms with Crippen LogP contribution in [0.4, 0.5) is 0 Å². The Morgan fingerprint density at radius 3 is 2.52 bits per heavy atom. The molecule has 1 saturated heterocycles. The van der Waals surface area contributed by atoms with Crippen LogP contribution in [0.25, 0.3) is 10.9 Å². The van der Waals surface area contributed by atoms with E-state index in [2.05, 4.69) is 4.98 Å². The topological polar surface area (TPSA) is 85.8 Å². The van der Waals surface area contributed by atoms with Crippen LogP contribution < -0.4 is 0 Å². The van der Waals surface area contributed by atoms with Gasteiger partial charge in [0.05, 0.1) is 29.8 Å². The second-order valence-corrected chi connectivity index (χ2v) is 7.18. The number of benzene rings is 1.